The van der Waals surface area contributed by atoms with Gasteiger partial charge in [0.15, 0.2) is 0 Å². The lowest BCUT2D eigenvalue weighted by Gasteiger charge is -2.33. The summed E-state index contributed by atoms with van der Waals surface area (Å²) in [4.78, 5) is 10.7. The molecule has 1 aliphatic rings. The van der Waals surface area contributed by atoms with E-state index >= 15 is 0 Å². The first kappa shape index (κ1) is 16.5. The van der Waals surface area contributed by atoms with Crippen LogP contribution < -0.4 is 5.32 Å². The molecule has 0 amide bonds. The van der Waals surface area contributed by atoms with E-state index in [1.807, 2.05) is 26.0 Å². The Morgan fingerprint density at radius 3 is 2.58 bits per heavy atom. The largest absolute Gasteiger partial charge is 0.376 e. The van der Waals surface area contributed by atoms with Crippen LogP contribution in [0.15, 0.2) is 36.4 Å². The van der Waals surface area contributed by atoms with Crippen molar-refractivity contribution < 1.29 is 4.92 Å². The molecule has 1 N–H and O–H groups in total. The zero-order valence-electron chi connectivity index (χ0n) is 14.1. The number of nitrogens with zero attached hydrogens (tertiary/aromatic N) is 1. The molecule has 0 unspecified atom stereocenters. The number of hydrogen-bond acceptors (Lipinski definition) is 3. The van der Waals surface area contributed by atoms with Crippen molar-refractivity contribution in [2.75, 3.05) is 5.32 Å². The molecule has 0 spiro atoms. The average Bonchev–Trinajstić information content (AvgIpc) is 2.49. The van der Waals surface area contributed by atoms with Crippen molar-refractivity contribution in [3.63, 3.8) is 0 Å². The van der Waals surface area contributed by atoms with Crippen molar-refractivity contribution in [2.45, 2.75) is 33.2 Å². The van der Waals surface area contributed by atoms with Crippen molar-refractivity contribution in [3.8, 4) is 11.1 Å². The van der Waals surface area contributed by atoms with Crippen molar-refractivity contribution in [1.82, 2.24) is 0 Å². The second-order valence-corrected chi connectivity index (χ2v) is 7.16. The molecule has 5 heteroatoms. The number of nitrogens with one attached hydrogen (secondary N) is 1. The van der Waals surface area contributed by atoms with Crippen molar-refractivity contribution in [2.24, 2.45) is 0 Å². The summed E-state index contributed by atoms with van der Waals surface area (Å²) in [5.74, 6) is 0. The third-order valence-electron chi connectivity index (χ3n) is 4.25. The normalized spacial score (nSPS) is 15.3. The van der Waals surface area contributed by atoms with E-state index in [0.717, 1.165) is 33.5 Å². The molecule has 2 aromatic rings. The topological polar surface area (TPSA) is 55.2 Å². The Kier molecular flexibility index (Phi) is 3.88. The van der Waals surface area contributed by atoms with Crippen LogP contribution in [-0.4, -0.2) is 10.5 Å². The van der Waals surface area contributed by atoms with Gasteiger partial charge in [-0.3, -0.25) is 10.1 Å². The summed E-state index contributed by atoms with van der Waals surface area (Å²) in [7, 11) is 0. The summed E-state index contributed by atoms with van der Waals surface area (Å²) in [6, 6.07) is 8.56. The summed E-state index contributed by atoms with van der Waals surface area (Å²) >= 11 is 6.70. The van der Waals surface area contributed by atoms with Crippen LogP contribution in [0.5, 0.6) is 0 Å². The van der Waals surface area contributed by atoms with E-state index < -0.39 is 4.92 Å². The van der Waals surface area contributed by atoms with Gasteiger partial charge in [0, 0.05) is 28.9 Å². The number of allylic oxidation sites excluding steroid dienone is 1. The zero-order chi connectivity index (χ0) is 17.6. The number of fused-ring (bicyclic) bond motifs is 1. The fourth-order valence-corrected chi connectivity index (χ4v) is 3.70. The molecule has 0 atom stereocenters. The number of halogens is 1. The van der Waals surface area contributed by atoms with E-state index in [4.69, 9.17) is 11.6 Å². The highest BCUT2D eigenvalue weighted by atomic mass is 35.5. The van der Waals surface area contributed by atoms with Crippen LogP contribution in [0.4, 0.5) is 11.4 Å². The maximum Gasteiger partial charge on any atom is 0.270 e. The Morgan fingerprint density at radius 1 is 1.21 bits per heavy atom. The molecule has 1 aliphatic heterocycles. The molecule has 24 heavy (non-hydrogen) atoms. The van der Waals surface area contributed by atoms with Gasteiger partial charge in [-0.05, 0) is 50.5 Å². The molecule has 0 fully saturated rings. The number of nitro groups is 1. The molecular weight excluding hydrogens is 324 g/mol. The van der Waals surface area contributed by atoms with E-state index in [1.165, 1.54) is 6.07 Å². The predicted octanol–water partition coefficient (Wildman–Crippen LogP) is 5.83. The van der Waals surface area contributed by atoms with Crippen LogP contribution >= 0.6 is 11.6 Å². The van der Waals surface area contributed by atoms with E-state index in [9.17, 15) is 10.1 Å². The Hall–Kier alpha value is -2.33. The van der Waals surface area contributed by atoms with Gasteiger partial charge >= 0.3 is 0 Å². The van der Waals surface area contributed by atoms with Crippen LogP contribution in [0, 0.1) is 17.0 Å². The standard InChI is InChI=1S/C19H19ClN2O2/c1-11-8-15(13-6-5-7-14(9-13)22(23)24)17(20)16-12(2)10-19(3,4)21-18(11)16/h5-10,21H,1-4H3. The summed E-state index contributed by atoms with van der Waals surface area (Å²) in [6.45, 7) is 8.30. The van der Waals surface area contributed by atoms with Gasteiger partial charge in [-0.1, -0.05) is 29.8 Å². The predicted molar refractivity (Wildman–Crippen MR) is 99.6 cm³/mol. The summed E-state index contributed by atoms with van der Waals surface area (Å²) in [5.41, 5.74) is 5.65. The van der Waals surface area contributed by atoms with Gasteiger partial charge in [0.1, 0.15) is 0 Å². The monoisotopic (exact) mass is 342 g/mol. The molecule has 0 saturated heterocycles. The maximum atomic E-state index is 11.0. The van der Waals surface area contributed by atoms with Gasteiger partial charge in [0.05, 0.1) is 15.5 Å². The molecule has 3 rings (SSSR count). The van der Waals surface area contributed by atoms with Gasteiger partial charge in [0.25, 0.3) is 5.69 Å². The first-order valence-electron chi connectivity index (χ1n) is 7.75. The molecule has 0 bridgehead atoms. The number of aryl methyl sites for hydroxylation is 1. The summed E-state index contributed by atoms with van der Waals surface area (Å²) < 4.78 is 0. The van der Waals surface area contributed by atoms with E-state index in [0.29, 0.717) is 5.02 Å². The van der Waals surface area contributed by atoms with Crippen LogP contribution in [0.3, 0.4) is 0 Å². The highest BCUT2D eigenvalue weighted by molar-refractivity contribution is 6.36. The van der Waals surface area contributed by atoms with Crippen LogP contribution in [0.1, 0.15) is 31.9 Å². The van der Waals surface area contributed by atoms with E-state index in [1.54, 1.807) is 12.1 Å². The van der Waals surface area contributed by atoms with Gasteiger partial charge in [-0.15, -0.1) is 0 Å². The lowest BCUT2D eigenvalue weighted by Crippen LogP contribution is -2.32. The molecule has 4 nitrogen and oxygen atoms in total. The SMILES string of the molecule is CC1=CC(C)(C)Nc2c(C)cc(-c3cccc([N+](=O)[O-])c3)c(Cl)c21. The molecule has 124 valence electrons. The highest BCUT2D eigenvalue weighted by Gasteiger charge is 2.27. The second kappa shape index (κ2) is 5.64. The Bertz CT molecular complexity index is 885. The summed E-state index contributed by atoms with van der Waals surface area (Å²) in [5, 5.41) is 15.2. The van der Waals surface area contributed by atoms with Gasteiger partial charge in [-0.2, -0.15) is 0 Å². The zero-order valence-corrected chi connectivity index (χ0v) is 14.9. The minimum atomic E-state index is -0.391. The minimum Gasteiger partial charge on any atom is -0.376 e. The first-order chi connectivity index (χ1) is 11.2. The number of non-ortho nitro benzene ring substituents is 1. The third kappa shape index (κ3) is 2.78. The Morgan fingerprint density at radius 2 is 1.92 bits per heavy atom. The van der Waals surface area contributed by atoms with Crippen molar-refractivity contribution in [1.29, 1.82) is 0 Å². The van der Waals surface area contributed by atoms with E-state index in [2.05, 4.69) is 25.2 Å². The third-order valence-corrected chi connectivity index (χ3v) is 4.64. The molecule has 0 radical (unpaired) electrons. The maximum absolute atomic E-state index is 11.0. The van der Waals surface area contributed by atoms with E-state index in [-0.39, 0.29) is 11.2 Å². The number of anilines is 1. The van der Waals surface area contributed by atoms with Gasteiger partial charge < -0.3 is 5.32 Å². The highest BCUT2D eigenvalue weighted by Crippen LogP contribution is 2.45. The molecule has 0 saturated carbocycles. The van der Waals surface area contributed by atoms with Gasteiger partial charge in [-0.25, -0.2) is 0 Å². The van der Waals surface area contributed by atoms with Crippen molar-refractivity contribution >= 4 is 28.5 Å². The summed E-state index contributed by atoms with van der Waals surface area (Å²) in [6.07, 6.45) is 2.15. The second-order valence-electron chi connectivity index (χ2n) is 6.79. The lowest BCUT2D eigenvalue weighted by atomic mass is 9.87. The molecule has 2 aromatic carbocycles. The minimum absolute atomic E-state index is 0.0606. The molecule has 1 heterocycles. The van der Waals surface area contributed by atoms with Gasteiger partial charge in [0.2, 0.25) is 0 Å². The lowest BCUT2D eigenvalue weighted by molar-refractivity contribution is -0.384. The Labute approximate surface area is 146 Å². The molecular formula is C19H19ClN2O2. The fraction of sp³-hybridized carbons (Fsp3) is 0.263. The Balaban J connectivity index is 2.23. The quantitative estimate of drug-likeness (QED) is 0.551. The first-order valence-corrected chi connectivity index (χ1v) is 8.13. The average molecular weight is 343 g/mol. The van der Waals surface area contributed by atoms with Crippen LogP contribution in [0.2, 0.25) is 5.02 Å². The number of nitro benzene ring substituents is 1. The molecule has 0 aliphatic carbocycles. The number of benzene rings is 2. The number of rotatable bonds is 2. The van der Waals surface area contributed by atoms with Crippen molar-refractivity contribution in [3.05, 3.63) is 62.7 Å². The molecule has 0 aromatic heterocycles. The smallest absolute Gasteiger partial charge is 0.270 e. The fourth-order valence-electron chi connectivity index (χ4n) is 3.29. The van der Waals surface area contributed by atoms with Crippen LogP contribution in [0.25, 0.3) is 16.7 Å². The number of hydrogen-bond donors (Lipinski definition) is 1. The van der Waals surface area contributed by atoms with Crippen LogP contribution in [-0.2, 0) is 0 Å².